The van der Waals surface area contributed by atoms with Crippen LogP contribution >= 0.6 is 0 Å². The predicted octanol–water partition coefficient (Wildman–Crippen LogP) is 2.38. The Balaban J connectivity index is 2.19. The van der Waals surface area contributed by atoms with Crippen molar-refractivity contribution in [2.75, 3.05) is 18.2 Å². The first-order valence-corrected chi connectivity index (χ1v) is 6.32. The Morgan fingerprint density at radius 3 is 2.80 bits per heavy atom. The smallest absolute Gasteiger partial charge is 0.259 e. The first-order chi connectivity index (χ1) is 9.52. The number of benzene rings is 1. The molecule has 2 rings (SSSR count). The van der Waals surface area contributed by atoms with Crippen molar-refractivity contribution in [3.8, 4) is 5.75 Å². The van der Waals surface area contributed by atoms with Crippen LogP contribution in [0.5, 0.6) is 5.75 Å². The average molecular weight is 274 g/mol. The fraction of sp³-hybridized carbons (Fsp3) is 0.286. The summed E-state index contributed by atoms with van der Waals surface area (Å²) in [5, 5.41) is 9.63. The van der Waals surface area contributed by atoms with E-state index in [-0.39, 0.29) is 5.91 Å². The Hall–Kier alpha value is -2.50. The van der Waals surface area contributed by atoms with Gasteiger partial charge in [0.2, 0.25) is 0 Å². The van der Waals surface area contributed by atoms with E-state index in [0.29, 0.717) is 28.7 Å². The molecule has 1 heterocycles. The van der Waals surface area contributed by atoms with Crippen LogP contribution in [-0.4, -0.2) is 23.2 Å². The summed E-state index contributed by atoms with van der Waals surface area (Å²) in [5.74, 6) is 0.946. The number of carbonyl (C=O) groups excluding carboxylic acids is 1. The van der Waals surface area contributed by atoms with Crippen molar-refractivity contribution in [2.45, 2.75) is 19.8 Å². The van der Waals surface area contributed by atoms with Gasteiger partial charge in [0.05, 0.1) is 18.4 Å². The van der Waals surface area contributed by atoms with Gasteiger partial charge in [-0.2, -0.15) is 5.10 Å². The third-order valence-corrected chi connectivity index (χ3v) is 2.99. The van der Waals surface area contributed by atoms with Crippen molar-refractivity contribution in [2.24, 2.45) is 0 Å². The van der Waals surface area contributed by atoms with Gasteiger partial charge in [0.25, 0.3) is 5.91 Å². The number of amides is 1. The summed E-state index contributed by atoms with van der Waals surface area (Å²) in [6.45, 7) is 4.08. The number of carbonyl (C=O) groups is 1. The molecule has 6 nitrogen and oxygen atoms in total. The molecule has 0 bridgehead atoms. The van der Waals surface area contributed by atoms with Crippen LogP contribution in [-0.2, 0) is 0 Å². The highest BCUT2D eigenvalue weighted by Crippen LogP contribution is 2.25. The lowest BCUT2D eigenvalue weighted by Gasteiger charge is -2.09. The Morgan fingerprint density at radius 1 is 1.45 bits per heavy atom. The zero-order valence-electron chi connectivity index (χ0n) is 11.7. The first-order valence-electron chi connectivity index (χ1n) is 6.32. The van der Waals surface area contributed by atoms with Crippen LogP contribution < -0.4 is 15.8 Å². The van der Waals surface area contributed by atoms with Gasteiger partial charge in [-0.15, -0.1) is 0 Å². The van der Waals surface area contributed by atoms with E-state index in [9.17, 15) is 4.79 Å². The molecule has 0 atom stereocenters. The van der Waals surface area contributed by atoms with Gasteiger partial charge in [0, 0.05) is 11.8 Å². The second-order valence-corrected chi connectivity index (χ2v) is 4.74. The number of para-hydroxylation sites is 1. The van der Waals surface area contributed by atoms with Gasteiger partial charge in [0.1, 0.15) is 5.75 Å². The summed E-state index contributed by atoms with van der Waals surface area (Å²) in [7, 11) is 1.51. The second kappa shape index (κ2) is 5.64. The molecule has 1 aromatic heterocycles. The number of rotatable bonds is 4. The molecule has 0 aliphatic heterocycles. The molecule has 2 aromatic rings. The maximum Gasteiger partial charge on any atom is 0.259 e. The third kappa shape index (κ3) is 2.74. The molecular formula is C14H18N4O2. The monoisotopic (exact) mass is 274 g/mol. The standard InChI is InChI=1S/C14H18N4O2/c1-8(2)10-7-12(18-17-10)16-14(19)9-5-4-6-11(20-3)13(9)15/h4-8H,15H2,1-3H3,(H2,16,17,18,19). The molecule has 0 aliphatic rings. The molecule has 6 heteroatoms. The van der Waals surface area contributed by atoms with Gasteiger partial charge in [-0.3, -0.25) is 9.89 Å². The third-order valence-electron chi connectivity index (χ3n) is 2.99. The maximum atomic E-state index is 12.2. The minimum Gasteiger partial charge on any atom is -0.495 e. The number of hydrogen-bond acceptors (Lipinski definition) is 4. The number of anilines is 2. The van der Waals surface area contributed by atoms with E-state index in [1.54, 1.807) is 24.3 Å². The molecule has 1 aromatic carbocycles. The van der Waals surface area contributed by atoms with Gasteiger partial charge >= 0.3 is 0 Å². The number of methoxy groups -OCH3 is 1. The van der Waals surface area contributed by atoms with Crippen LogP contribution in [0.4, 0.5) is 11.5 Å². The maximum absolute atomic E-state index is 12.2. The molecule has 0 saturated carbocycles. The number of nitrogens with two attached hydrogens (primary N) is 1. The molecule has 0 aliphatic carbocycles. The van der Waals surface area contributed by atoms with Crippen LogP contribution in [0.1, 0.15) is 35.8 Å². The number of nitrogens with zero attached hydrogens (tertiary/aromatic N) is 1. The number of ether oxygens (including phenoxy) is 1. The molecule has 0 spiro atoms. The fourth-order valence-corrected chi connectivity index (χ4v) is 1.80. The average Bonchev–Trinajstić information content (AvgIpc) is 2.87. The van der Waals surface area contributed by atoms with Gasteiger partial charge in [0.15, 0.2) is 5.82 Å². The summed E-state index contributed by atoms with van der Waals surface area (Å²) in [6.07, 6.45) is 0. The zero-order valence-corrected chi connectivity index (χ0v) is 11.7. The summed E-state index contributed by atoms with van der Waals surface area (Å²) in [5.41, 5.74) is 7.52. The van der Waals surface area contributed by atoms with Crippen LogP contribution in [0.3, 0.4) is 0 Å². The van der Waals surface area contributed by atoms with Crippen LogP contribution in [0, 0.1) is 0 Å². The Kier molecular flexibility index (Phi) is 3.93. The van der Waals surface area contributed by atoms with Crippen molar-refractivity contribution in [3.05, 3.63) is 35.5 Å². The number of nitrogen functional groups attached to an aromatic ring is 1. The minimum atomic E-state index is -0.316. The minimum absolute atomic E-state index is 0.312. The van der Waals surface area contributed by atoms with Crippen LogP contribution in [0.2, 0.25) is 0 Å². The molecule has 0 unspecified atom stereocenters. The first kappa shape index (κ1) is 13.9. The van der Waals surface area contributed by atoms with Crippen molar-refractivity contribution < 1.29 is 9.53 Å². The molecule has 0 radical (unpaired) electrons. The van der Waals surface area contributed by atoms with Crippen LogP contribution in [0.25, 0.3) is 0 Å². The van der Waals surface area contributed by atoms with Gasteiger partial charge < -0.3 is 15.8 Å². The zero-order chi connectivity index (χ0) is 14.7. The van der Waals surface area contributed by atoms with E-state index in [1.165, 1.54) is 7.11 Å². The lowest BCUT2D eigenvalue weighted by molar-refractivity contribution is 0.102. The number of H-pyrrole nitrogens is 1. The molecular weight excluding hydrogens is 256 g/mol. The fourth-order valence-electron chi connectivity index (χ4n) is 1.80. The highest BCUT2D eigenvalue weighted by Gasteiger charge is 2.14. The van der Waals surface area contributed by atoms with E-state index in [2.05, 4.69) is 15.5 Å². The van der Waals surface area contributed by atoms with E-state index in [1.807, 2.05) is 13.8 Å². The SMILES string of the molecule is COc1cccc(C(=O)Nc2cc(C(C)C)[nH]n2)c1N. The molecule has 1 amide bonds. The predicted molar refractivity (Wildman–Crippen MR) is 78.0 cm³/mol. The highest BCUT2D eigenvalue weighted by molar-refractivity contribution is 6.08. The molecule has 0 fully saturated rings. The van der Waals surface area contributed by atoms with E-state index in [4.69, 9.17) is 10.5 Å². The van der Waals surface area contributed by atoms with Gasteiger partial charge in [-0.1, -0.05) is 19.9 Å². The second-order valence-electron chi connectivity index (χ2n) is 4.74. The summed E-state index contributed by atoms with van der Waals surface area (Å²) >= 11 is 0. The largest absolute Gasteiger partial charge is 0.495 e. The Morgan fingerprint density at radius 2 is 2.20 bits per heavy atom. The van der Waals surface area contributed by atoms with Crippen LogP contribution in [0.15, 0.2) is 24.3 Å². The number of aromatic nitrogens is 2. The molecule has 106 valence electrons. The summed E-state index contributed by atoms with van der Waals surface area (Å²) < 4.78 is 5.09. The topological polar surface area (TPSA) is 93.0 Å². The van der Waals surface area contributed by atoms with Crippen molar-refractivity contribution >= 4 is 17.4 Å². The van der Waals surface area contributed by atoms with E-state index < -0.39 is 0 Å². The molecule has 20 heavy (non-hydrogen) atoms. The molecule has 4 N–H and O–H groups in total. The Labute approximate surface area is 117 Å². The van der Waals surface area contributed by atoms with E-state index >= 15 is 0 Å². The Bertz CT molecular complexity index is 619. The highest BCUT2D eigenvalue weighted by atomic mass is 16.5. The summed E-state index contributed by atoms with van der Waals surface area (Å²) in [6, 6.07) is 6.87. The van der Waals surface area contributed by atoms with Crippen molar-refractivity contribution in [1.29, 1.82) is 0 Å². The lowest BCUT2D eigenvalue weighted by Crippen LogP contribution is -2.14. The van der Waals surface area contributed by atoms with Gasteiger partial charge in [-0.05, 0) is 18.1 Å². The quantitative estimate of drug-likeness (QED) is 0.746. The van der Waals surface area contributed by atoms with Crippen molar-refractivity contribution in [3.63, 3.8) is 0 Å². The number of nitrogens with one attached hydrogen (secondary N) is 2. The number of aromatic amines is 1. The molecule has 0 saturated heterocycles. The normalized spacial score (nSPS) is 10.6. The van der Waals surface area contributed by atoms with Gasteiger partial charge in [-0.25, -0.2) is 0 Å². The summed E-state index contributed by atoms with van der Waals surface area (Å²) in [4.78, 5) is 12.2. The number of hydrogen-bond donors (Lipinski definition) is 3. The van der Waals surface area contributed by atoms with E-state index in [0.717, 1.165) is 5.69 Å². The lowest BCUT2D eigenvalue weighted by atomic mass is 10.1. The van der Waals surface area contributed by atoms with Crippen molar-refractivity contribution in [1.82, 2.24) is 10.2 Å².